The second-order valence-corrected chi connectivity index (χ2v) is 3.69. The van der Waals surface area contributed by atoms with E-state index in [1.165, 1.54) is 18.3 Å². The van der Waals surface area contributed by atoms with Gasteiger partial charge in [0.2, 0.25) is 0 Å². The van der Waals surface area contributed by atoms with Gasteiger partial charge in [-0.05, 0) is 33.1 Å². The Morgan fingerprint density at radius 1 is 1.64 bits per heavy atom. The third-order valence-electron chi connectivity index (χ3n) is 2.84. The van der Waals surface area contributed by atoms with E-state index in [4.69, 9.17) is 4.74 Å². The molecule has 0 amide bonds. The summed E-state index contributed by atoms with van der Waals surface area (Å²) in [7, 11) is 1.46. The number of ether oxygens (including phenoxy) is 1. The second kappa shape index (κ2) is 4.99. The van der Waals surface area contributed by atoms with E-state index in [-0.39, 0.29) is 11.9 Å². The molecule has 0 heterocycles. The predicted molar refractivity (Wildman–Crippen MR) is 56.9 cm³/mol. The van der Waals surface area contributed by atoms with Crippen LogP contribution in [0, 0.1) is 5.92 Å². The number of esters is 1. The van der Waals surface area contributed by atoms with E-state index < -0.39 is 0 Å². The summed E-state index contributed by atoms with van der Waals surface area (Å²) in [6, 6.07) is 0. The lowest BCUT2D eigenvalue weighted by atomic mass is 9.98. The van der Waals surface area contributed by atoms with Crippen molar-refractivity contribution in [1.29, 1.82) is 0 Å². The van der Waals surface area contributed by atoms with E-state index in [1.54, 1.807) is 0 Å². The molecule has 2 nitrogen and oxygen atoms in total. The van der Waals surface area contributed by atoms with Gasteiger partial charge in [-0.3, -0.25) is 4.79 Å². The molecule has 0 bridgehead atoms. The Morgan fingerprint density at radius 3 is 2.93 bits per heavy atom. The van der Waals surface area contributed by atoms with Crippen LogP contribution < -0.4 is 0 Å². The highest BCUT2D eigenvalue weighted by atomic mass is 16.5. The molecule has 0 saturated carbocycles. The van der Waals surface area contributed by atoms with E-state index in [0.717, 1.165) is 19.3 Å². The topological polar surface area (TPSA) is 26.3 Å². The Morgan fingerprint density at radius 2 is 2.36 bits per heavy atom. The normalized spacial score (nSPS) is 22.1. The van der Waals surface area contributed by atoms with Gasteiger partial charge in [0.25, 0.3) is 0 Å². The van der Waals surface area contributed by atoms with Crippen LogP contribution in [0.4, 0.5) is 0 Å². The lowest BCUT2D eigenvalue weighted by Crippen LogP contribution is -2.15. The van der Waals surface area contributed by atoms with Crippen LogP contribution >= 0.6 is 0 Å². The first-order chi connectivity index (χ1) is 6.70. The number of hydrogen-bond acceptors (Lipinski definition) is 2. The van der Waals surface area contributed by atoms with Crippen molar-refractivity contribution in [3.8, 4) is 0 Å². The minimum atomic E-state index is -0.0821. The molecule has 0 N–H and O–H groups in total. The number of rotatable bonds is 3. The van der Waals surface area contributed by atoms with Crippen LogP contribution in [-0.2, 0) is 9.53 Å². The standard InChI is InChI=1S/C12H18O2/c1-4-5-6-10-9(2)7-8-11(10)12(13)14-3/h4-5,11H,6-8H2,1-3H3. The van der Waals surface area contributed by atoms with Crippen LogP contribution in [0.2, 0.25) is 0 Å². The Bertz CT molecular complexity index is 274. The lowest BCUT2D eigenvalue weighted by Gasteiger charge is -2.11. The zero-order chi connectivity index (χ0) is 10.6. The third kappa shape index (κ3) is 2.25. The van der Waals surface area contributed by atoms with E-state index in [1.807, 2.05) is 13.0 Å². The smallest absolute Gasteiger partial charge is 0.312 e. The van der Waals surface area contributed by atoms with E-state index in [0.29, 0.717) is 0 Å². The molecule has 0 saturated heterocycles. The summed E-state index contributed by atoms with van der Waals surface area (Å²) in [5, 5.41) is 0. The Hall–Kier alpha value is -1.05. The van der Waals surface area contributed by atoms with Crippen molar-refractivity contribution in [1.82, 2.24) is 0 Å². The van der Waals surface area contributed by atoms with Gasteiger partial charge in [-0.25, -0.2) is 0 Å². The van der Waals surface area contributed by atoms with Crippen LogP contribution in [0.5, 0.6) is 0 Å². The quantitative estimate of drug-likeness (QED) is 0.510. The molecular weight excluding hydrogens is 176 g/mol. The van der Waals surface area contributed by atoms with Gasteiger partial charge in [-0.1, -0.05) is 23.3 Å². The zero-order valence-corrected chi connectivity index (χ0v) is 9.17. The molecule has 1 aliphatic carbocycles. The molecule has 78 valence electrons. The SMILES string of the molecule is CC=CCC1=C(C)CCC1C(=O)OC. The van der Waals surface area contributed by atoms with E-state index in [9.17, 15) is 4.79 Å². The molecule has 1 atom stereocenters. The van der Waals surface area contributed by atoms with Crippen LogP contribution in [0.1, 0.15) is 33.1 Å². The predicted octanol–water partition coefficient (Wildman–Crippen LogP) is 2.85. The maximum atomic E-state index is 11.5. The van der Waals surface area contributed by atoms with Crippen LogP contribution in [0.3, 0.4) is 0 Å². The summed E-state index contributed by atoms with van der Waals surface area (Å²) in [5.74, 6) is -0.0717. The molecule has 0 aromatic rings. The molecule has 0 aromatic heterocycles. The van der Waals surface area contributed by atoms with Gasteiger partial charge >= 0.3 is 5.97 Å². The summed E-state index contributed by atoms with van der Waals surface area (Å²) in [6.07, 6.45) is 6.97. The first-order valence-electron chi connectivity index (χ1n) is 5.08. The van der Waals surface area contributed by atoms with Crippen LogP contribution in [0.15, 0.2) is 23.3 Å². The summed E-state index contributed by atoms with van der Waals surface area (Å²) >= 11 is 0. The molecule has 2 heteroatoms. The van der Waals surface area contributed by atoms with Crippen molar-refractivity contribution >= 4 is 5.97 Å². The third-order valence-corrected chi connectivity index (χ3v) is 2.84. The Balaban J connectivity index is 2.75. The van der Waals surface area contributed by atoms with E-state index >= 15 is 0 Å². The summed E-state index contributed by atoms with van der Waals surface area (Å²) in [6.45, 7) is 4.11. The first-order valence-corrected chi connectivity index (χ1v) is 5.08. The molecule has 0 radical (unpaired) electrons. The maximum Gasteiger partial charge on any atom is 0.312 e. The molecule has 1 aliphatic rings. The van der Waals surface area contributed by atoms with Crippen molar-refractivity contribution < 1.29 is 9.53 Å². The summed E-state index contributed by atoms with van der Waals surface area (Å²) in [4.78, 5) is 11.5. The fraction of sp³-hybridized carbons (Fsp3) is 0.583. The molecular formula is C12H18O2. The highest BCUT2D eigenvalue weighted by Gasteiger charge is 2.28. The zero-order valence-electron chi connectivity index (χ0n) is 9.17. The number of methoxy groups -OCH3 is 1. The van der Waals surface area contributed by atoms with Gasteiger partial charge in [-0.2, -0.15) is 0 Å². The van der Waals surface area contributed by atoms with Crippen molar-refractivity contribution in [3.63, 3.8) is 0 Å². The second-order valence-electron chi connectivity index (χ2n) is 3.69. The molecule has 0 aromatic carbocycles. The van der Waals surface area contributed by atoms with Gasteiger partial charge < -0.3 is 4.74 Å². The molecule has 14 heavy (non-hydrogen) atoms. The highest BCUT2D eigenvalue weighted by Crippen LogP contribution is 2.34. The average molecular weight is 194 g/mol. The van der Waals surface area contributed by atoms with Gasteiger partial charge in [0.15, 0.2) is 0 Å². The minimum Gasteiger partial charge on any atom is -0.469 e. The largest absolute Gasteiger partial charge is 0.469 e. The average Bonchev–Trinajstić information content (AvgIpc) is 2.56. The van der Waals surface area contributed by atoms with Crippen molar-refractivity contribution in [2.24, 2.45) is 5.92 Å². The fourth-order valence-electron chi connectivity index (χ4n) is 1.96. The van der Waals surface area contributed by atoms with Gasteiger partial charge in [0.05, 0.1) is 13.0 Å². The summed E-state index contributed by atoms with van der Waals surface area (Å²) < 4.78 is 4.80. The molecule has 0 fully saturated rings. The maximum absolute atomic E-state index is 11.5. The number of carbonyl (C=O) groups is 1. The fourth-order valence-corrected chi connectivity index (χ4v) is 1.96. The monoisotopic (exact) mass is 194 g/mol. The van der Waals surface area contributed by atoms with Crippen molar-refractivity contribution in [3.05, 3.63) is 23.3 Å². The number of carbonyl (C=O) groups excluding carboxylic acids is 1. The Labute approximate surface area is 85.6 Å². The molecule has 1 rings (SSSR count). The summed E-state index contributed by atoms with van der Waals surface area (Å²) in [5.41, 5.74) is 2.62. The lowest BCUT2D eigenvalue weighted by molar-refractivity contribution is -0.144. The molecule has 0 spiro atoms. The van der Waals surface area contributed by atoms with Gasteiger partial charge in [0, 0.05) is 0 Å². The van der Waals surface area contributed by atoms with Gasteiger partial charge in [0.1, 0.15) is 0 Å². The van der Waals surface area contributed by atoms with Crippen LogP contribution in [0.25, 0.3) is 0 Å². The van der Waals surface area contributed by atoms with Crippen molar-refractivity contribution in [2.45, 2.75) is 33.1 Å². The van der Waals surface area contributed by atoms with Crippen molar-refractivity contribution in [2.75, 3.05) is 7.11 Å². The highest BCUT2D eigenvalue weighted by molar-refractivity contribution is 5.76. The first kappa shape index (κ1) is 11.0. The molecule has 1 unspecified atom stereocenters. The van der Waals surface area contributed by atoms with Crippen LogP contribution in [-0.4, -0.2) is 13.1 Å². The minimum absolute atomic E-state index is 0.0104. The van der Waals surface area contributed by atoms with E-state index in [2.05, 4.69) is 13.0 Å². The number of allylic oxidation sites excluding steroid dienone is 3. The number of hydrogen-bond donors (Lipinski definition) is 0. The van der Waals surface area contributed by atoms with Gasteiger partial charge in [-0.15, -0.1) is 0 Å². The molecule has 0 aliphatic heterocycles. The Kier molecular flexibility index (Phi) is 3.93.